The number of carbonyl (C=O) groups is 2. The summed E-state index contributed by atoms with van der Waals surface area (Å²) >= 11 is 0. The number of carboxylic acid groups (broad SMARTS) is 2. The average Bonchev–Trinajstić information content (AvgIpc) is 2.92. The number of benzene rings is 4. The predicted molar refractivity (Wildman–Crippen MR) is 144 cm³/mol. The van der Waals surface area contributed by atoms with E-state index in [1.807, 2.05) is 36.4 Å². The molecule has 5 rings (SSSR count). The number of nitrogens with zero attached hydrogens (tertiary/aromatic N) is 1. The Labute approximate surface area is 213 Å². The van der Waals surface area contributed by atoms with Gasteiger partial charge in [0.15, 0.2) is 0 Å². The van der Waals surface area contributed by atoms with Crippen LogP contribution in [0.15, 0.2) is 115 Å². The summed E-state index contributed by atoms with van der Waals surface area (Å²) in [5.74, 6) is -2.65. The van der Waals surface area contributed by atoms with E-state index in [1.54, 1.807) is 0 Å². The van der Waals surface area contributed by atoms with Crippen LogP contribution >= 0.6 is 0 Å². The van der Waals surface area contributed by atoms with Crippen LogP contribution < -0.4 is 0 Å². The Morgan fingerprint density at radius 3 is 2.00 bits per heavy atom. The Balaban J connectivity index is 0.000000349. The SMILES string of the molecule is O=C(O)/C=C/C(=O)O.OCC(c1ccccc1)c1cc2ccccc2nc1-c1cccc2ccccc12. The van der Waals surface area contributed by atoms with E-state index in [2.05, 4.69) is 66.7 Å². The summed E-state index contributed by atoms with van der Waals surface area (Å²) in [7, 11) is 0. The second-order valence-corrected chi connectivity index (χ2v) is 8.30. The molecule has 0 saturated heterocycles. The van der Waals surface area contributed by atoms with E-state index in [9.17, 15) is 14.7 Å². The van der Waals surface area contributed by atoms with Crippen LogP contribution in [0.4, 0.5) is 0 Å². The molecule has 0 aliphatic carbocycles. The van der Waals surface area contributed by atoms with E-state index in [4.69, 9.17) is 15.2 Å². The van der Waals surface area contributed by atoms with Crippen LogP contribution in [0.5, 0.6) is 0 Å². The van der Waals surface area contributed by atoms with Crippen molar-refractivity contribution in [3.63, 3.8) is 0 Å². The number of aliphatic carboxylic acids is 2. The third-order valence-corrected chi connectivity index (χ3v) is 5.93. The molecule has 0 aliphatic rings. The zero-order chi connectivity index (χ0) is 26.2. The zero-order valence-electron chi connectivity index (χ0n) is 19.9. The van der Waals surface area contributed by atoms with Gasteiger partial charge in [0, 0.05) is 29.0 Å². The number of hydrogen-bond acceptors (Lipinski definition) is 4. The first-order valence-corrected chi connectivity index (χ1v) is 11.7. The minimum atomic E-state index is -1.26. The summed E-state index contributed by atoms with van der Waals surface area (Å²) in [6, 6.07) is 35.3. The fraction of sp³-hybridized carbons (Fsp3) is 0.0645. The van der Waals surface area contributed by atoms with Gasteiger partial charge in [-0.05, 0) is 34.0 Å². The molecule has 0 fully saturated rings. The molecular weight excluding hydrogens is 466 g/mol. The number of rotatable bonds is 6. The van der Waals surface area contributed by atoms with Crippen molar-refractivity contribution in [2.75, 3.05) is 6.61 Å². The lowest BCUT2D eigenvalue weighted by atomic mass is 9.87. The van der Waals surface area contributed by atoms with Gasteiger partial charge in [0.1, 0.15) is 0 Å². The molecule has 5 aromatic rings. The maximum absolute atomic E-state index is 10.4. The molecule has 1 aromatic heterocycles. The van der Waals surface area contributed by atoms with Crippen LogP contribution in [0.1, 0.15) is 17.0 Å². The smallest absolute Gasteiger partial charge is 0.328 e. The maximum atomic E-state index is 10.4. The summed E-state index contributed by atoms with van der Waals surface area (Å²) in [4.78, 5) is 24.2. The van der Waals surface area contributed by atoms with Gasteiger partial charge in [0.2, 0.25) is 0 Å². The van der Waals surface area contributed by atoms with Crippen LogP contribution in [0.2, 0.25) is 0 Å². The lowest BCUT2D eigenvalue weighted by Crippen LogP contribution is -2.09. The first kappa shape index (κ1) is 25.3. The lowest BCUT2D eigenvalue weighted by molar-refractivity contribution is -0.134. The quantitative estimate of drug-likeness (QED) is 0.256. The highest BCUT2D eigenvalue weighted by Crippen LogP contribution is 2.37. The van der Waals surface area contributed by atoms with Crippen molar-refractivity contribution < 1.29 is 24.9 Å². The van der Waals surface area contributed by atoms with Crippen LogP contribution in [0, 0.1) is 0 Å². The number of pyridine rings is 1. The monoisotopic (exact) mass is 491 g/mol. The number of aliphatic hydroxyl groups is 1. The van der Waals surface area contributed by atoms with Gasteiger partial charge in [0.05, 0.1) is 17.8 Å². The highest BCUT2D eigenvalue weighted by molar-refractivity contribution is 5.98. The first-order chi connectivity index (χ1) is 18.0. The molecule has 0 spiro atoms. The summed E-state index contributed by atoms with van der Waals surface area (Å²) in [5.41, 5.74) is 5.13. The Bertz CT molecular complexity index is 1560. The van der Waals surface area contributed by atoms with Gasteiger partial charge in [-0.25, -0.2) is 14.6 Å². The van der Waals surface area contributed by atoms with Crippen molar-refractivity contribution in [3.05, 3.63) is 126 Å². The summed E-state index contributed by atoms with van der Waals surface area (Å²) in [5, 5.41) is 29.4. The third-order valence-electron chi connectivity index (χ3n) is 5.93. The van der Waals surface area contributed by atoms with E-state index in [-0.39, 0.29) is 12.5 Å². The third kappa shape index (κ3) is 6.07. The van der Waals surface area contributed by atoms with Gasteiger partial charge >= 0.3 is 11.9 Å². The number of aliphatic hydroxyl groups excluding tert-OH is 1. The van der Waals surface area contributed by atoms with E-state index < -0.39 is 11.9 Å². The Hall–Kier alpha value is -4.81. The van der Waals surface area contributed by atoms with E-state index in [0.29, 0.717) is 12.2 Å². The second kappa shape index (κ2) is 11.7. The Morgan fingerprint density at radius 1 is 0.730 bits per heavy atom. The Morgan fingerprint density at radius 2 is 1.32 bits per heavy atom. The van der Waals surface area contributed by atoms with Gasteiger partial charge < -0.3 is 15.3 Å². The topological polar surface area (TPSA) is 108 Å². The molecule has 1 atom stereocenters. The molecule has 0 bridgehead atoms. The number of aromatic nitrogens is 1. The van der Waals surface area contributed by atoms with Gasteiger partial charge in [-0.1, -0.05) is 91.0 Å². The fourth-order valence-corrected chi connectivity index (χ4v) is 4.26. The normalized spacial score (nSPS) is 11.7. The molecule has 3 N–H and O–H groups in total. The largest absolute Gasteiger partial charge is 0.478 e. The Kier molecular flexibility index (Phi) is 8.03. The second-order valence-electron chi connectivity index (χ2n) is 8.30. The molecule has 0 radical (unpaired) electrons. The number of carboxylic acids is 2. The van der Waals surface area contributed by atoms with Crippen molar-refractivity contribution in [2.45, 2.75) is 5.92 Å². The van der Waals surface area contributed by atoms with Gasteiger partial charge in [-0.15, -0.1) is 0 Å². The van der Waals surface area contributed by atoms with Crippen molar-refractivity contribution in [1.29, 1.82) is 0 Å². The number of hydrogen-bond donors (Lipinski definition) is 3. The van der Waals surface area contributed by atoms with E-state index >= 15 is 0 Å². The molecule has 6 heteroatoms. The van der Waals surface area contributed by atoms with Crippen molar-refractivity contribution >= 4 is 33.6 Å². The van der Waals surface area contributed by atoms with E-state index in [0.717, 1.165) is 33.3 Å². The average molecular weight is 492 g/mol. The lowest BCUT2D eigenvalue weighted by Gasteiger charge is -2.20. The van der Waals surface area contributed by atoms with Crippen LogP contribution in [-0.4, -0.2) is 38.8 Å². The summed E-state index contributed by atoms with van der Waals surface area (Å²) in [6.45, 7) is 0.0296. The van der Waals surface area contributed by atoms with Gasteiger partial charge in [-0.3, -0.25) is 0 Å². The zero-order valence-corrected chi connectivity index (χ0v) is 19.9. The molecule has 37 heavy (non-hydrogen) atoms. The van der Waals surface area contributed by atoms with E-state index in [1.165, 1.54) is 10.8 Å². The van der Waals surface area contributed by atoms with Gasteiger partial charge in [-0.2, -0.15) is 0 Å². The van der Waals surface area contributed by atoms with Crippen molar-refractivity contribution in [1.82, 2.24) is 4.98 Å². The molecule has 184 valence electrons. The molecule has 6 nitrogen and oxygen atoms in total. The number of fused-ring (bicyclic) bond motifs is 2. The summed E-state index contributed by atoms with van der Waals surface area (Å²) < 4.78 is 0. The van der Waals surface area contributed by atoms with Crippen molar-refractivity contribution in [3.8, 4) is 11.3 Å². The molecule has 1 unspecified atom stereocenters. The molecule has 0 aliphatic heterocycles. The maximum Gasteiger partial charge on any atom is 0.328 e. The molecular formula is C31H25NO5. The van der Waals surface area contributed by atoms with Crippen molar-refractivity contribution in [2.24, 2.45) is 0 Å². The fourth-order valence-electron chi connectivity index (χ4n) is 4.26. The number of para-hydroxylation sites is 1. The minimum absolute atomic E-state index is 0.0296. The standard InChI is InChI=1S/C27H21NO.C4H4O4/c29-18-25(20-9-2-1-3-10-20)24-17-21-12-5-7-16-26(21)28-27(24)23-15-8-13-19-11-4-6-14-22(19)23;5-3(6)1-2-4(7)8/h1-17,25,29H,18H2;1-2H,(H,5,6)(H,7,8)/b;2-1+. The highest BCUT2D eigenvalue weighted by atomic mass is 16.4. The molecule has 0 saturated carbocycles. The van der Waals surface area contributed by atoms with Crippen LogP contribution in [-0.2, 0) is 9.59 Å². The van der Waals surface area contributed by atoms with Crippen LogP contribution in [0.25, 0.3) is 32.9 Å². The minimum Gasteiger partial charge on any atom is -0.478 e. The predicted octanol–water partition coefficient (Wildman–Crippen LogP) is 5.89. The molecule has 0 amide bonds. The van der Waals surface area contributed by atoms with Gasteiger partial charge in [0.25, 0.3) is 0 Å². The molecule has 4 aromatic carbocycles. The van der Waals surface area contributed by atoms with Crippen LogP contribution in [0.3, 0.4) is 0 Å². The molecule has 1 heterocycles. The first-order valence-electron chi connectivity index (χ1n) is 11.7. The highest BCUT2D eigenvalue weighted by Gasteiger charge is 2.21. The summed E-state index contributed by atoms with van der Waals surface area (Å²) in [6.07, 6.45) is 1.12.